The Morgan fingerprint density at radius 1 is 1.12 bits per heavy atom. The lowest BCUT2D eigenvalue weighted by molar-refractivity contribution is -0.402. The maximum Gasteiger partial charge on any atom is 0.433 e. The van der Waals surface area contributed by atoms with Crippen molar-refractivity contribution in [2.75, 3.05) is 26.2 Å². The van der Waals surface area contributed by atoms with E-state index in [0.717, 1.165) is 5.56 Å². The minimum absolute atomic E-state index is 0.252. The summed E-state index contributed by atoms with van der Waals surface area (Å²) < 4.78 is 10.5. The van der Waals surface area contributed by atoms with Crippen LogP contribution in [0.1, 0.15) is 11.3 Å². The van der Waals surface area contributed by atoms with Crippen molar-refractivity contribution in [3.63, 3.8) is 0 Å². The molecule has 2 aromatic rings. The number of hydrogen-bond donors (Lipinski definition) is 0. The van der Waals surface area contributed by atoms with Gasteiger partial charge in [-0.1, -0.05) is 30.3 Å². The molecule has 132 valence electrons. The highest BCUT2D eigenvalue weighted by Gasteiger charge is 2.23. The van der Waals surface area contributed by atoms with E-state index in [1.807, 2.05) is 30.3 Å². The van der Waals surface area contributed by atoms with E-state index in [4.69, 9.17) is 9.15 Å². The Morgan fingerprint density at radius 2 is 1.84 bits per heavy atom. The average Bonchev–Trinajstić information content (AvgIpc) is 3.10. The Labute approximate surface area is 144 Å². The maximum absolute atomic E-state index is 12.1. The van der Waals surface area contributed by atoms with Gasteiger partial charge >= 0.3 is 12.0 Å². The van der Waals surface area contributed by atoms with Crippen molar-refractivity contribution < 1.29 is 18.9 Å². The molecule has 0 spiro atoms. The third kappa shape index (κ3) is 4.57. The number of furan rings is 1. The van der Waals surface area contributed by atoms with Crippen LogP contribution in [-0.4, -0.2) is 47.0 Å². The van der Waals surface area contributed by atoms with Crippen LogP contribution in [0, 0.1) is 10.1 Å². The Bertz CT molecular complexity index is 723. The first-order valence-corrected chi connectivity index (χ1v) is 8.03. The van der Waals surface area contributed by atoms with Crippen LogP contribution in [0.15, 0.2) is 46.9 Å². The third-order valence-corrected chi connectivity index (χ3v) is 4.04. The van der Waals surface area contributed by atoms with Crippen LogP contribution >= 0.6 is 0 Å². The van der Waals surface area contributed by atoms with Gasteiger partial charge in [0.1, 0.15) is 17.3 Å². The Kier molecular flexibility index (Phi) is 5.30. The highest BCUT2D eigenvalue weighted by molar-refractivity contribution is 5.67. The second kappa shape index (κ2) is 7.80. The Morgan fingerprint density at radius 3 is 2.48 bits per heavy atom. The number of hydrogen-bond acceptors (Lipinski definition) is 6. The summed E-state index contributed by atoms with van der Waals surface area (Å²) in [7, 11) is 0. The minimum atomic E-state index is -0.551. The lowest BCUT2D eigenvalue weighted by atomic mass is 10.2. The van der Waals surface area contributed by atoms with Gasteiger partial charge in [0.15, 0.2) is 0 Å². The lowest BCUT2D eigenvalue weighted by Gasteiger charge is -2.33. The molecule has 1 aromatic carbocycles. The summed E-state index contributed by atoms with van der Waals surface area (Å²) in [6.07, 6.45) is -0.322. The average molecular weight is 345 g/mol. The number of ether oxygens (including phenoxy) is 1. The number of carbonyl (C=O) groups is 1. The van der Waals surface area contributed by atoms with Crippen molar-refractivity contribution >= 4 is 12.0 Å². The first kappa shape index (κ1) is 17.0. The zero-order valence-corrected chi connectivity index (χ0v) is 13.7. The largest absolute Gasteiger partial charge is 0.445 e. The van der Waals surface area contributed by atoms with E-state index < -0.39 is 4.92 Å². The number of nitro groups is 1. The summed E-state index contributed by atoms with van der Waals surface area (Å²) >= 11 is 0. The van der Waals surface area contributed by atoms with Gasteiger partial charge in [-0.05, 0) is 11.6 Å². The van der Waals surface area contributed by atoms with E-state index in [1.165, 1.54) is 6.07 Å². The number of carbonyl (C=O) groups excluding carboxylic acids is 1. The molecule has 1 aliphatic rings. The number of piperazine rings is 1. The summed E-state index contributed by atoms with van der Waals surface area (Å²) in [4.78, 5) is 25.9. The molecule has 0 unspecified atom stereocenters. The molecule has 1 aromatic heterocycles. The summed E-state index contributed by atoms with van der Waals surface area (Å²) in [6, 6.07) is 12.5. The monoisotopic (exact) mass is 345 g/mol. The normalized spacial score (nSPS) is 15.1. The first-order chi connectivity index (χ1) is 12.1. The van der Waals surface area contributed by atoms with E-state index in [2.05, 4.69) is 4.90 Å². The predicted octanol–water partition coefficient (Wildman–Crippen LogP) is 2.64. The molecule has 1 amide bonds. The molecule has 1 fully saturated rings. The molecule has 0 radical (unpaired) electrons. The third-order valence-electron chi connectivity index (χ3n) is 4.04. The second-order valence-electron chi connectivity index (χ2n) is 5.80. The molecule has 0 bridgehead atoms. The van der Waals surface area contributed by atoms with Crippen molar-refractivity contribution in [2.24, 2.45) is 0 Å². The number of nitrogens with zero attached hydrogens (tertiary/aromatic N) is 3. The van der Waals surface area contributed by atoms with Crippen molar-refractivity contribution in [2.45, 2.75) is 13.2 Å². The number of benzene rings is 1. The van der Waals surface area contributed by atoms with Gasteiger partial charge in [0, 0.05) is 26.2 Å². The van der Waals surface area contributed by atoms with Crippen LogP contribution < -0.4 is 0 Å². The van der Waals surface area contributed by atoms with Crippen LogP contribution in [-0.2, 0) is 17.9 Å². The standard InChI is InChI=1S/C17H19N3O5/c21-17(24-13-14-4-2-1-3-5-14)19-10-8-18(9-11-19)12-15-6-7-16(25-15)20(22)23/h1-7H,8-13H2. The number of amides is 1. The predicted molar refractivity (Wildman–Crippen MR) is 88.8 cm³/mol. The van der Waals surface area contributed by atoms with Crippen molar-refractivity contribution in [1.82, 2.24) is 9.80 Å². The molecule has 1 aliphatic heterocycles. The lowest BCUT2D eigenvalue weighted by Crippen LogP contribution is -2.48. The molecule has 2 heterocycles. The number of rotatable bonds is 5. The molecule has 1 saturated heterocycles. The molecular formula is C17H19N3O5. The fraction of sp³-hybridized carbons (Fsp3) is 0.353. The highest BCUT2D eigenvalue weighted by atomic mass is 16.6. The molecular weight excluding hydrogens is 326 g/mol. The fourth-order valence-corrected chi connectivity index (χ4v) is 2.67. The molecule has 0 N–H and O–H groups in total. The highest BCUT2D eigenvalue weighted by Crippen LogP contribution is 2.18. The minimum Gasteiger partial charge on any atom is -0.445 e. The van der Waals surface area contributed by atoms with Crippen molar-refractivity contribution in [1.29, 1.82) is 0 Å². The van der Waals surface area contributed by atoms with Crippen LogP contribution in [0.25, 0.3) is 0 Å². The SMILES string of the molecule is O=C(OCc1ccccc1)N1CCN(Cc2ccc([N+](=O)[O-])o2)CC1. The van der Waals surface area contributed by atoms with Gasteiger partial charge in [-0.15, -0.1) is 0 Å². The first-order valence-electron chi connectivity index (χ1n) is 8.03. The Hall–Kier alpha value is -2.87. The molecule has 25 heavy (non-hydrogen) atoms. The molecule has 8 nitrogen and oxygen atoms in total. The van der Waals surface area contributed by atoms with Crippen LogP contribution in [0.5, 0.6) is 0 Å². The van der Waals surface area contributed by atoms with Gasteiger partial charge in [0.2, 0.25) is 0 Å². The van der Waals surface area contributed by atoms with Gasteiger partial charge in [-0.25, -0.2) is 4.79 Å². The maximum atomic E-state index is 12.1. The molecule has 3 rings (SSSR count). The zero-order valence-electron chi connectivity index (χ0n) is 13.7. The van der Waals surface area contributed by atoms with E-state index in [0.29, 0.717) is 38.5 Å². The quantitative estimate of drug-likeness (QED) is 0.611. The van der Waals surface area contributed by atoms with E-state index >= 15 is 0 Å². The van der Waals surface area contributed by atoms with Gasteiger partial charge in [-0.3, -0.25) is 15.0 Å². The van der Waals surface area contributed by atoms with Crippen LogP contribution in [0.2, 0.25) is 0 Å². The molecule has 0 saturated carbocycles. The van der Waals surface area contributed by atoms with Gasteiger partial charge in [0.05, 0.1) is 12.6 Å². The van der Waals surface area contributed by atoms with Crippen LogP contribution in [0.4, 0.5) is 10.7 Å². The summed E-state index contributed by atoms with van der Waals surface area (Å²) in [5, 5.41) is 10.6. The summed E-state index contributed by atoms with van der Waals surface area (Å²) in [5.74, 6) is 0.296. The van der Waals surface area contributed by atoms with Gasteiger partial charge in [0.25, 0.3) is 0 Å². The Balaban J connectivity index is 1.43. The van der Waals surface area contributed by atoms with Crippen molar-refractivity contribution in [3.8, 4) is 0 Å². The smallest absolute Gasteiger partial charge is 0.433 e. The van der Waals surface area contributed by atoms with Crippen LogP contribution in [0.3, 0.4) is 0 Å². The molecule has 0 aliphatic carbocycles. The zero-order chi connectivity index (χ0) is 17.6. The van der Waals surface area contributed by atoms with Crippen molar-refractivity contribution in [3.05, 3.63) is 63.9 Å². The van der Waals surface area contributed by atoms with E-state index in [-0.39, 0.29) is 18.6 Å². The van der Waals surface area contributed by atoms with Gasteiger partial charge < -0.3 is 14.1 Å². The van der Waals surface area contributed by atoms with E-state index in [9.17, 15) is 14.9 Å². The summed E-state index contributed by atoms with van der Waals surface area (Å²) in [5.41, 5.74) is 0.953. The second-order valence-corrected chi connectivity index (χ2v) is 5.80. The van der Waals surface area contributed by atoms with Gasteiger partial charge in [-0.2, -0.15) is 0 Å². The molecule has 0 atom stereocenters. The molecule has 8 heteroatoms. The van der Waals surface area contributed by atoms with E-state index in [1.54, 1.807) is 11.0 Å². The summed E-state index contributed by atoms with van der Waals surface area (Å²) in [6.45, 7) is 3.17. The fourth-order valence-electron chi connectivity index (χ4n) is 2.67. The topological polar surface area (TPSA) is 89.1 Å².